The second kappa shape index (κ2) is 15.1. The number of rotatable bonds is 8. The van der Waals surface area contributed by atoms with E-state index in [2.05, 4.69) is 31.2 Å². The predicted molar refractivity (Wildman–Crippen MR) is 126 cm³/mol. The van der Waals surface area contributed by atoms with Gasteiger partial charge in [0.05, 0.1) is 5.56 Å². The molecule has 164 valence electrons. The van der Waals surface area contributed by atoms with Gasteiger partial charge in [-0.15, -0.1) is 0 Å². The normalized spacial score (nSPS) is 14.7. The summed E-state index contributed by atoms with van der Waals surface area (Å²) in [6.45, 7) is 3.12. The number of hydrogen-bond donors (Lipinski definition) is 1. The van der Waals surface area contributed by atoms with Gasteiger partial charge in [0.2, 0.25) is 0 Å². The van der Waals surface area contributed by atoms with Gasteiger partial charge in [-0.05, 0) is 12.1 Å². The molecule has 1 saturated carbocycles. The van der Waals surface area contributed by atoms with Crippen molar-refractivity contribution >= 4 is 25.4 Å². The third-order valence-electron chi connectivity index (χ3n) is 5.22. The van der Waals surface area contributed by atoms with Crippen LogP contribution in [0.15, 0.2) is 54.6 Å². The molecule has 0 saturated heterocycles. The Bertz CT molecular complexity index is 709. The Balaban J connectivity index is 0.000000297. The number of ether oxygens (including phenoxy) is 1. The smallest absolute Gasteiger partial charge is 0.335 e. The summed E-state index contributed by atoms with van der Waals surface area (Å²) in [6.07, 6.45) is 13.8. The first-order valence-electron chi connectivity index (χ1n) is 11.4. The Morgan fingerprint density at radius 2 is 1.57 bits per heavy atom. The molecular formula is C26H36O3Se. The molecule has 1 fully saturated rings. The van der Waals surface area contributed by atoms with E-state index in [0.717, 1.165) is 17.2 Å². The van der Waals surface area contributed by atoms with Crippen LogP contribution in [0, 0.1) is 0 Å². The molecule has 0 heterocycles. The van der Waals surface area contributed by atoms with Crippen LogP contribution in [-0.4, -0.2) is 32.6 Å². The zero-order valence-corrected chi connectivity index (χ0v) is 19.9. The molecule has 0 spiro atoms. The summed E-state index contributed by atoms with van der Waals surface area (Å²) in [5.41, 5.74) is 0.331. The van der Waals surface area contributed by atoms with Crippen molar-refractivity contribution in [2.75, 3.05) is 6.61 Å². The van der Waals surface area contributed by atoms with E-state index in [-0.39, 0.29) is 0 Å². The second-order valence-corrected chi connectivity index (χ2v) is 10.6. The predicted octanol–water partition coefficient (Wildman–Crippen LogP) is 6.50. The third kappa shape index (κ3) is 9.82. The number of carboxylic acid groups (broad SMARTS) is 1. The second-order valence-electron chi connectivity index (χ2n) is 7.76. The maximum Gasteiger partial charge on any atom is 0.335 e. The fraction of sp³-hybridized carbons (Fsp3) is 0.500. The van der Waals surface area contributed by atoms with E-state index in [1.54, 1.807) is 30.3 Å². The molecule has 3 rings (SSSR count). The minimum absolute atomic E-state index is 0.331. The SMILES string of the molecule is CCCCCOc1ccccc1[Se]C1CCCCCCC1.O=C(O)c1ccccc1. The monoisotopic (exact) mass is 476 g/mol. The van der Waals surface area contributed by atoms with Crippen molar-refractivity contribution in [1.29, 1.82) is 0 Å². The Labute approximate surface area is 188 Å². The van der Waals surface area contributed by atoms with Crippen molar-refractivity contribution in [3.05, 3.63) is 60.2 Å². The number of aromatic carboxylic acids is 1. The fourth-order valence-electron chi connectivity index (χ4n) is 3.50. The van der Waals surface area contributed by atoms with Crippen molar-refractivity contribution in [3.63, 3.8) is 0 Å². The quantitative estimate of drug-likeness (QED) is 0.350. The van der Waals surface area contributed by atoms with Crippen LogP contribution in [0.25, 0.3) is 0 Å². The van der Waals surface area contributed by atoms with E-state index < -0.39 is 5.97 Å². The Kier molecular flexibility index (Phi) is 12.3. The summed E-state index contributed by atoms with van der Waals surface area (Å²) in [6, 6.07) is 17.1. The van der Waals surface area contributed by atoms with E-state index in [9.17, 15) is 4.79 Å². The molecule has 3 nitrogen and oxygen atoms in total. The van der Waals surface area contributed by atoms with Crippen LogP contribution in [0.3, 0.4) is 0 Å². The van der Waals surface area contributed by atoms with E-state index >= 15 is 0 Å². The zero-order chi connectivity index (χ0) is 21.4. The molecule has 1 aliphatic rings. The van der Waals surface area contributed by atoms with E-state index in [4.69, 9.17) is 9.84 Å². The Hall–Kier alpha value is -1.77. The molecule has 1 N–H and O–H groups in total. The minimum Gasteiger partial charge on any atom is -0.478 e. The van der Waals surface area contributed by atoms with Crippen LogP contribution in [0.5, 0.6) is 5.75 Å². The molecule has 0 bridgehead atoms. The molecular weight excluding hydrogens is 439 g/mol. The molecule has 0 amide bonds. The van der Waals surface area contributed by atoms with Crippen LogP contribution in [0.2, 0.25) is 4.82 Å². The van der Waals surface area contributed by atoms with Gasteiger partial charge in [-0.2, -0.15) is 0 Å². The largest absolute Gasteiger partial charge is 0.478 e. The average Bonchev–Trinajstić information content (AvgIpc) is 2.75. The molecule has 0 atom stereocenters. The van der Waals surface area contributed by atoms with Gasteiger partial charge in [0.15, 0.2) is 0 Å². The van der Waals surface area contributed by atoms with Crippen molar-refractivity contribution < 1.29 is 14.6 Å². The van der Waals surface area contributed by atoms with Crippen LogP contribution >= 0.6 is 0 Å². The van der Waals surface area contributed by atoms with Crippen molar-refractivity contribution in [2.45, 2.75) is 75.9 Å². The number of carboxylic acids is 1. The minimum atomic E-state index is -0.879. The van der Waals surface area contributed by atoms with E-state index in [1.807, 2.05) is 0 Å². The number of hydrogen-bond acceptors (Lipinski definition) is 2. The van der Waals surface area contributed by atoms with Gasteiger partial charge in [-0.25, -0.2) is 4.79 Å². The summed E-state index contributed by atoms with van der Waals surface area (Å²) >= 11 is 0.582. The third-order valence-corrected chi connectivity index (χ3v) is 8.15. The number of para-hydroxylation sites is 1. The molecule has 1 aliphatic carbocycles. The molecule has 0 aliphatic heterocycles. The summed E-state index contributed by atoms with van der Waals surface area (Å²) in [4.78, 5) is 11.1. The van der Waals surface area contributed by atoms with Crippen molar-refractivity contribution in [1.82, 2.24) is 0 Å². The first-order valence-corrected chi connectivity index (χ1v) is 13.2. The topological polar surface area (TPSA) is 46.5 Å². The molecule has 2 aromatic rings. The van der Waals surface area contributed by atoms with Crippen LogP contribution < -0.4 is 9.20 Å². The van der Waals surface area contributed by atoms with Crippen LogP contribution in [0.1, 0.15) is 81.5 Å². The molecule has 0 aromatic heterocycles. The Morgan fingerprint density at radius 3 is 2.20 bits per heavy atom. The number of benzene rings is 2. The van der Waals surface area contributed by atoms with E-state index in [0.29, 0.717) is 20.5 Å². The van der Waals surface area contributed by atoms with Gasteiger partial charge in [0.25, 0.3) is 0 Å². The fourth-order valence-corrected chi connectivity index (χ4v) is 6.28. The average molecular weight is 476 g/mol. The maximum absolute atomic E-state index is 10.2. The van der Waals surface area contributed by atoms with Crippen LogP contribution in [-0.2, 0) is 0 Å². The molecule has 4 heteroatoms. The van der Waals surface area contributed by atoms with Crippen molar-refractivity contribution in [2.24, 2.45) is 0 Å². The van der Waals surface area contributed by atoms with Gasteiger partial charge >= 0.3 is 143 Å². The molecule has 2 aromatic carbocycles. The zero-order valence-electron chi connectivity index (χ0n) is 18.2. The molecule has 0 unspecified atom stereocenters. The number of unbranched alkanes of at least 4 members (excludes halogenated alkanes) is 2. The van der Waals surface area contributed by atoms with Gasteiger partial charge in [0.1, 0.15) is 0 Å². The van der Waals surface area contributed by atoms with Crippen LogP contribution in [0.4, 0.5) is 0 Å². The summed E-state index contributed by atoms with van der Waals surface area (Å²) in [5.74, 6) is 0.284. The maximum atomic E-state index is 10.2. The summed E-state index contributed by atoms with van der Waals surface area (Å²) in [5, 5.41) is 8.38. The molecule has 30 heavy (non-hydrogen) atoms. The Morgan fingerprint density at radius 1 is 0.933 bits per heavy atom. The summed E-state index contributed by atoms with van der Waals surface area (Å²) < 4.78 is 7.54. The summed E-state index contributed by atoms with van der Waals surface area (Å²) in [7, 11) is 0. The first kappa shape index (κ1) is 24.5. The van der Waals surface area contributed by atoms with Gasteiger partial charge in [-0.3, -0.25) is 0 Å². The first-order chi connectivity index (χ1) is 14.7. The van der Waals surface area contributed by atoms with Crippen molar-refractivity contribution in [3.8, 4) is 5.75 Å². The standard InChI is InChI=1S/C19H30OSe.C7H6O2/c1-2-3-11-16-20-18-14-9-10-15-19(18)21-17-12-7-5-4-6-8-13-17;8-7(9)6-4-2-1-3-5-6/h9-10,14-15,17H,2-8,11-13,16H2,1H3;1-5H,(H,8,9). The van der Waals surface area contributed by atoms with E-state index in [1.165, 1.54) is 68.7 Å². The van der Waals surface area contributed by atoms with Gasteiger partial charge in [0, 0.05) is 0 Å². The van der Waals surface area contributed by atoms with Gasteiger partial charge < -0.3 is 5.11 Å². The number of carbonyl (C=O) groups is 1. The van der Waals surface area contributed by atoms with Gasteiger partial charge in [-0.1, -0.05) is 18.2 Å². The molecule has 0 radical (unpaired) electrons.